The Kier molecular flexibility index (Phi) is 9.40. The molecule has 3 rings (SSSR count). The first kappa shape index (κ1) is 27.6. The molecule has 1 saturated heterocycles. The summed E-state index contributed by atoms with van der Waals surface area (Å²) in [5, 5.41) is 0. The monoisotopic (exact) mass is 493 g/mol. The van der Waals surface area contributed by atoms with Gasteiger partial charge in [-0.05, 0) is 38.1 Å². The highest BCUT2D eigenvalue weighted by Gasteiger charge is 2.61. The van der Waals surface area contributed by atoms with Crippen LogP contribution in [0.5, 0.6) is 0 Å². The van der Waals surface area contributed by atoms with Crippen LogP contribution in [0.3, 0.4) is 0 Å². The second-order valence-corrected chi connectivity index (χ2v) is 9.79. The third-order valence-corrected chi connectivity index (χ3v) is 7.34. The van der Waals surface area contributed by atoms with E-state index in [2.05, 4.69) is 0 Å². The summed E-state index contributed by atoms with van der Waals surface area (Å²) >= 11 is 0. The normalized spacial score (nSPS) is 16.8. The van der Waals surface area contributed by atoms with Crippen molar-refractivity contribution in [3.8, 4) is 0 Å². The molecule has 1 unspecified atom stereocenters. The lowest BCUT2D eigenvalue weighted by Crippen LogP contribution is -2.71. The number of imide groups is 1. The largest absolute Gasteiger partial charge is 0.347 e. The van der Waals surface area contributed by atoms with Crippen LogP contribution in [0.1, 0.15) is 50.2 Å². The number of amides is 3. The van der Waals surface area contributed by atoms with Gasteiger partial charge in [-0.3, -0.25) is 19.3 Å². The second kappa shape index (κ2) is 12.3. The van der Waals surface area contributed by atoms with Crippen LogP contribution in [0.4, 0.5) is 0 Å². The lowest BCUT2D eigenvalue weighted by Gasteiger charge is -2.54. The molecule has 0 radical (unpaired) electrons. The van der Waals surface area contributed by atoms with E-state index in [0.717, 1.165) is 17.7 Å². The average molecular weight is 494 g/mol. The molecule has 2 aromatic rings. The van der Waals surface area contributed by atoms with Gasteiger partial charge in [-0.1, -0.05) is 74.5 Å². The maximum atomic E-state index is 13.6. The fraction of sp³-hybridized carbons (Fsp3) is 0.483. The molecule has 0 N–H and O–H groups in total. The fourth-order valence-electron chi connectivity index (χ4n) is 4.82. The fourth-order valence-corrected chi connectivity index (χ4v) is 4.82. The SMILES string of the molecule is CCC1(CC)C(=O)N(C(=O)CC(c2ccccc2)c2ccccc2)C1OCC(=O)N(C)CCN(C)C. The van der Waals surface area contributed by atoms with Gasteiger partial charge >= 0.3 is 0 Å². The molecule has 2 aromatic carbocycles. The highest BCUT2D eigenvalue weighted by molar-refractivity contribution is 6.04. The van der Waals surface area contributed by atoms with Crippen molar-refractivity contribution in [2.45, 2.75) is 45.3 Å². The number of benzene rings is 2. The highest BCUT2D eigenvalue weighted by Crippen LogP contribution is 2.46. The Morgan fingerprint density at radius 2 is 1.44 bits per heavy atom. The van der Waals surface area contributed by atoms with E-state index in [4.69, 9.17) is 4.74 Å². The summed E-state index contributed by atoms with van der Waals surface area (Å²) < 4.78 is 6.04. The minimum atomic E-state index is -0.785. The molecule has 1 aliphatic heterocycles. The van der Waals surface area contributed by atoms with Gasteiger partial charge in [0, 0.05) is 32.5 Å². The van der Waals surface area contributed by atoms with E-state index in [1.54, 1.807) is 11.9 Å². The van der Waals surface area contributed by atoms with Crippen molar-refractivity contribution in [1.82, 2.24) is 14.7 Å². The van der Waals surface area contributed by atoms with Crippen LogP contribution in [0, 0.1) is 5.41 Å². The minimum absolute atomic E-state index is 0.139. The van der Waals surface area contributed by atoms with Gasteiger partial charge in [0.1, 0.15) is 6.61 Å². The Morgan fingerprint density at radius 1 is 0.917 bits per heavy atom. The molecule has 0 saturated carbocycles. The van der Waals surface area contributed by atoms with Crippen molar-refractivity contribution in [2.24, 2.45) is 5.41 Å². The molecule has 1 atom stereocenters. The molecule has 36 heavy (non-hydrogen) atoms. The first-order valence-electron chi connectivity index (χ1n) is 12.7. The Hall–Kier alpha value is -3.03. The van der Waals surface area contributed by atoms with Crippen LogP contribution in [0.15, 0.2) is 60.7 Å². The zero-order valence-corrected chi connectivity index (χ0v) is 22.1. The molecule has 0 spiro atoms. The smallest absolute Gasteiger partial charge is 0.248 e. The third kappa shape index (κ3) is 5.85. The number of rotatable bonds is 12. The lowest BCUT2D eigenvalue weighted by atomic mass is 9.71. The molecule has 0 bridgehead atoms. The summed E-state index contributed by atoms with van der Waals surface area (Å²) in [4.78, 5) is 44.5. The molecule has 0 aliphatic carbocycles. The van der Waals surface area contributed by atoms with Crippen molar-refractivity contribution in [3.05, 3.63) is 71.8 Å². The van der Waals surface area contributed by atoms with Gasteiger partial charge < -0.3 is 14.5 Å². The van der Waals surface area contributed by atoms with E-state index in [-0.39, 0.29) is 36.7 Å². The quantitative estimate of drug-likeness (QED) is 0.421. The van der Waals surface area contributed by atoms with Crippen molar-refractivity contribution in [3.63, 3.8) is 0 Å². The van der Waals surface area contributed by atoms with Gasteiger partial charge in [0.2, 0.25) is 17.7 Å². The number of hydrogen-bond acceptors (Lipinski definition) is 5. The second-order valence-electron chi connectivity index (χ2n) is 9.79. The van der Waals surface area contributed by atoms with Gasteiger partial charge in [0.25, 0.3) is 0 Å². The zero-order valence-electron chi connectivity index (χ0n) is 22.1. The van der Waals surface area contributed by atoms with E-state index in [1.807, 2.05) is 93.5 Å². The van der Waals surface area contributed by atoms with E-state index < -0.39 is 11.6 Å². The summed E-state index contributed by atoms with van der Waals surface area (Å²) in [7, 11) is 5.64. The number of ether oxygens (including phenoxy) is 1. The summed E-state index contributed by atoms with van der Waals surface area (Å²) in [6.45, 7) is 5.00. The molecule has 1 fully saturated rings. The number of carbonyl (C=O) groups excluding carboxylic acids is 3. The molecule has 3 amide bonds. The van der Waals surface area contributed by atoms with Crippen molar-refractivity contribution < 1.29 is 19.1 Å². The topological polar surface area (TPSA) is 70.2 Å². The number of nitrogens with zero attached hydrogens (tertiary/aromatic N) is 3. The van der Waals surface area contributed by atoms with Crippen molar-refractivity contribution in [1.29, 1.82) is 0 Å². The van der Waals surface area contributed by atoms with Crippen LogP contribution in [0.25, 0.3) is 0 Å². The first-order chi connectivity index (χ1) is 17.2. The minimum Gasteiger partial charge on any atom is -0.347 e. The van der Waals surface area contributed by atoms with E-state index >= 15 is 0 Å². The summed E-state index contributed by atoms with van der Waals surface area (Å²) in [6.07, 6.45) is 0.482. The Bertz CT molecular complexity index is 982. The predicted octanol–water partition coefficient (Wildman–Crippen LogP) is 3.75. The third-order valence-electron chi connectivity index (χ3n) is 7.34. The molecule has 1 heterocycles. The van der Waals surface area contributed by atoms with Crippen LogP contribution in [-0.2, 0) is 19.1 Å². The highest BCUT2D eigenvalue weighted by atomic mass is 16.5. The number of likely N-dealkylation sites (tertiary alicyclic amines) is 1. The zero-order chi connectivity index (χ0) is 26.3. The first-order valence-corrected chi connectivity index (χ1v) is 12.7. The van der Waals surface area contributed by atoms with Gasteiger partial charge in [0.05, 0.1) is 5.41 Å². The van der Waals surface area contributed by atoms with Crippen molar-refractivity contribution in [2.75, 3.05) is 40.8 Å². The molecule has 1 aliphatic rings. The summed E-state index contributed by atoms with van der Waals surface area (Å²) in [5.74, 6) is -0.856. The lowest BCUT2D eigenvalue weighted by molar-refractivity contribution is -0.223. The Labute approximate surface area is 215 Å². The average Bonchev–Trinajstić information content (AvgIpc) is 2.89. The van der Waals surface area contributed by atoms with Crippen LogP contribution in [0.2, 0.25) is 0 Å². The van der Waals surface area contributed by atoms with Gasteiger partial charge in [-0.2, -0.15) is 0 Å². The maximum absolute atomic E-state index is 13.6. The van der Waals surface area contributed by atoms with Crippen LogP contribution < -0.4 is 0 Å². The number of hydrogen-bond donors (Lipinski definition) is 0. The van der Waals surface area contributed by atoms with E-state index in [9.17, 15) is 14.4 Å². The van der Waals surface area contributed by atoms with Gasteiger partial charge in [0.15, 0.2) is 6.23 Å². The standard InChI is InChI=1S/C29H39N3O4/c1-6-29(7-2)27(35)32(28(29)36-21-26(34)31(5)19-18-30(3)4)25(33)20-24(22-14-10-8-11-15-22)23-16-12-9-13-17-23/h8-17,24,28H,6-7,18-21H2,1-5H3. The molecule has 0 aromatic heterocycles. The Morgan fingerprint density at radius 3 is 1.92 bits per heavy atom. The number of β-lactam (4-membered cyclic amide) rings is 1. The molecule has 7 heteroatoms. The van der Waals surface area contributed by atoms with Crippen molar-refractivity contribution >= 4 is 17.7 Å². The molecular weight excluding hydrogens is 454 g/mol. The molecular formula is C29H39N3O4. The van der Waals surface area contributed by atoms with Gasteiger partial charge in [-0.15, -0.1) is 0 Å². The summed E-state index contributed by atoms with van der Waals surface area (Å²) in [5.41, 5.74) is 1.24. The summed E-state index contributed by atoms with van der Waals surface area (Å²) in [6, 6.07) is 19.7. The number of likely N-dealkylation sites (N-methyl/N-ethyl adjacent to an activating group) is 2. The molecule has 7 nitrogen and oxygen atoms in total. The van der Waals surface area contributed by atoms with Crippen LogP contribution >= 0.6 is 0 Å². The Balaban J connectivity index is 1.78. The molecule has 194 valence electrons. The maximum Gasteiger partial charge on any atom is 0.248 e. The predicted molar refractivity (Wildman–Crippen MR) is 140 cm³/mol. The van der Waals surface area contributed by atoms with Crippen LogP contribution in [-0.4, -0.2) is 79.5 Å². The van der Waals surface area contributed by atoms with Gasteiger partial charge in [-0.25, -0.2) is 0 Å². The van der Waals surface area contributed by atoms with E-state index in [1.165, 1.54) is 4.90 Å². The number of carbonyl (C=O) groups is 3. The van der Waals surface area contributed by atoms with E-state index in [0.29, 0.717) is 19.4 Å².